The molecule has 0 saturated carbocycles. The Bertz CT molecular complexity index is 559. The second kappa shape index (κ2) is 6.16. The van der Waals surface area contributed by atoms with Gasteiger partial charge < -0.3 is 20.6 Å². The van der Waals surface area contributed by atoms with E-state index >= 15 is 0 Å². The number of nitrogens with one attached hydrogen (secondary N) is 2. The fourth-order valence-corrected chi connectivity index (χ4v) is 2.08. The van der Waals surface area contributed by atoms with Gasteiger partial charge in [0.25, 0.3) is 5.91 Å². The molecule has 1 aliphatic rings. The van der Waals surface area contributed by atoms with Crippen LogP contribution in [0.2, 0.25) is 0 Å². The van der Waals surface area contributed by atoms with E-state index in [4.69, 9.17) is 5.11 Å². The van der Waals surface area contributed by atoms with E-state index in [1.54, 1.807) is 11.0 Å². The van der Waals surface area contributed by atoms with Crippen molar-refractivity contribution in [2.75, 3.05) is 25.0 Å². The molecule has 1 aliphatic heterocycles. The molecule has 0 aromatic carbocycles. The zero-order valence-electron chi connectivity index (χ0n) is 11.4. The molecule has 2 amide bonds. The van der Waals surface area contributed by atoms with Crippen LogP contribution in [0.5, 0.6) is 0 Å². The summed E-state index contributed by atoms with van der Waals surface area (Å²) in [4.78, 5) is 35.7. The van der Waals surface area contributed by atoms with Gasteiger partial charge in [0.1, 0.15) is 6.04 Å². The summed E-state index contributed by atoms with van der Waals surface area (Å²) >= 11 is 0. The third-order valence-electron chi connectivity index (χ3n) is 3.10. The molecule has 9 nitrogen and oxygen atoms in total. The first kappa shape index (κ1) is 14.7. The fourth-order valence-electron chi connectivity index (χ4n) is 2.08. The van der Waals surface area contributed by atoms with Crippen molar-refractivity contribution in [1.82, 2.24) is 20.8 Å². The second-order valence-corrected chi connectivity index (χ2v) is 4.45. The topological polar surface area (TPSA) is 125 Å². The van der Waals surface area contributed by atoms with Gasteiger partial charge in [0.2, 0.25) is 5.91 Å². The lowest BCUT2D eigenvalue weighted by Gasteiger charge is -2.34. The van der Waals surface area contributed by atoms with Crippen molar-refractivity contribution in [1.29, 1.82) is 0 Å². The third kappa shape index (κ3) is 3.25. The molecule has 1 fully saturated rings. The Balaban J connectivity index is 2.23. The lowest BCUT2D eigenvalue weighted by Crippen LogP contribution is -2.56. The van der Waals surface area contributed by atoms with E-state index in [0.717, 1.165) is 0 Å². The molecule has 1 unspecified atom stereocenters. The molecule has 0 aliphatic carbocycles. The van der Waals surface area contributed by atoms with Gasteiger partial charge >= 0.3 is 5.97 Å². The van der Waals surface area contributed by atoms with Crippen LogP contribution in [-0.2, 0) is 9.59 Å². The molecule has 112 valence electrons. The second-order valence-electron chi connectivity index (χ2n) is 4.45. The smallest absolute Gasteiger partial charge is 0.305 e. The summed E-state index contributed by atoms with van der Waals surface area (Å²) in [5.41, 5.74) is 0.150. The van der Waals surface area contributed by atoms with Crippen molar-refractivity contribution >= 4 is 23.6 Å². The van der Waals surface area contributed by atoms with Gasteiger partial charge in [0.05, 0.1) is 6.42 Å². The first-order valence-electron chi connectivity index (χ1n) is 6.35. The Labute approximate surface area is 120 Å². The van der Waals surface area contributed by atoms with Crippen molar-refractivity contribution in [2.45, 2.75) is 12.5 Å². The van der Waals surface area contributed by atoms with E-state index in [2.05, 4.69) is 20.8 Å². The third-order valence-corrected chi connectivity index (χ3v) is 3.10. The summed E-state index contributed by atoms with van der Waals surface area (Å²) in [6, 6.07) is 2.19. The highest BCUT2D eigenvalue weighted by atomic mass is 16.4. The molecule has 0 bridgehead atoms. The Hall–Kier alpha value is -2.71. The zero-order chi connectivity index (χ0) is 15.4. The molecule has 9 heteroatoms. The Kier molecular flexibility index (Phi) is 4.31. The van der Waals surface area contributed by atoms with Crippen LogP contribution in [0.15, 0.2) is 12.1 Å². The number of aliphatic carboxylic acids is 1. The molecule has 2 heterocycles. The van der Waals surface area contributed by atoms with E-state index in [1.807, 2.05) is 0 Å². The number of hydrogen-bond donors (Lipinski definition) is 3. The average Bonchev–Trinajstić information content (AvgIpc) is 2.48. The number of carboxylic acids is 1. The van der Waals surface area contributed by atoms with Crippen molar-refractivity contribution in [3.05, 3.63) is 17.8 Å². The Morgan fingerprint density at radius 2 is 2.24 bits per heavy atom. The minimum atomic E-state index is -1.07. The quantitative estimate of drug-likeness (QED) is 0.624. The monoisotopic (exact) mass is 293 g/mol. The van der Waals surface area contributed by atoms with E-state index < -0.39 is 12.0 Å². The van der Waals surface area contributed by atoms with Crippen LogP contribution < -0.4 is 15.5 Å². The Morgan fingerprint density at radius 3 is 2.81 bits per heavy atom. The number of anilines is 1. The van der Waals surface area contributed by atoms with Crippen LogP contribution in [-0.4, -0.2) is 59.3 Å². The van der Waals surface area contributed by atoms with Crippen molar-refractivity contribution in [3.63, 3.8) is 0 Å². The van der Waals surface area contributed by atoms with E-state index in [9.17, 15) is 14.4 Å². The number of carbonyl (C=O) groups is 3. The summed E-state index contributed by atoms with van der Waals surface area (Å²) in [6.45, 7) is 0.825. The highest BCUT2D eigenvalue weighted by molar-refractivity contribution is 5.92. The molecule has 1 saturated heterocycles. The summed E-state index contributed by atoms with van der Waals surface area (Å²) in [5, 5.41) is 21.6. The van der Waals surface area contributed by atoms with Crippen molar-refractivity contribution < 1.29 is 19.5 Å². The maximum atomic E-state index is 11.8. The number of aromatic nitrogens is 2. The minimum absolute atomic E-state index is 0.150. The van der Waals surface area contributed by atoms with Gasteiger partial charge in [-0.1, -0.05) is 0 Å². The molecular weight excluding hydrogens is 278 g/mol. The van der Waals surface area contributed by atoms with Crippen LogP contribution in [0.3, 0.4) is 0 Å². The van der Waals surface area contributed by atoms with E-state index in [1.165, 1.54) is 13.1 Å². The normalized spacial score (nSPS) is 18.0. The predicted molar refractivity (Wildman–Crippen MR) is 71.8 cm³/mol. The SMILES string of the molecule is CNC(=O)c1ccc(N2CCNC(=O)C2CC(=O)O)nn1. The van der Waals surface area contributed by atoms with Crippen LogP contribution in [0.25, 0.3) is 0 Å². The lowest BCUT2D eigenvalue weighted by atomic mass is 10.1. The van der Waals surface area contributed by atoms with E-state index in [0.29, 0.717) is 18.9 Å². The van der Waals surface area contributed by atoms with Crippen molar-refractivity contribution in [3.8, 4) is 0 Å². The van der Waals surface area contributed by atoms with Gasteiger partial charge in [-0.15, -0.1) is 10.2 Å². The highest BCUT2D eigenvalue weighted by Gasteiger charge is 2.32. The molecule has 1 aromatic heterocycles. The first-order chi connectivity index (χ1) is 10.0. The average molecular weight is 293 g/mol. The lowest BCUT2D eigenvalue weighted by molar-refractivity contribution is -0.139. The molecular formula is C12H15N5O4. The summed E-state index contributed by atoms with van der Waals surface area (Å²) in [6.07, 6.45) is -0.329. The number of carbonyl (C=O) groups excluding carboxylic acids is 2. The number of rotatable bonds is 4. The largest absolute Gasteiger partial charge is 0.481 e. The molecule has 0 radical (unpaired) electrons. The summed E-state index contributed by atoms with van der Waals surface area (Å²) in [7, 11) is 1.48. The van der Waals surface area contributed by atoms with Crippen LogP contribution >= 0.6 is 0 Å². The molecule has 0 spiro atoms. The summed E-state index contributed by atoms with van der Waals surface area (Å²) in [5.74, 6) is -1.44. The predicted octanol–water partition coefficient (Wildman–Crippen LogP) is -1.38. The molecule has 2 rings (SSSR count). The number of hydrogen-bond acceptors (Lipinski definition) is 6. The molecule has 1 atom stereocenters. The van der Waals surface area contributed by atoms with Crippen LogP contribution in [0.4, 0.5) is 5.82 Å². The zero-order valence-corrected chi connectivity index (χ0v) is 11.4. The molecule has 21 heavy (non-hydrogen) atoms. The standard InChI is InChI=1S/C12H15N5O4/c1-13-11(20)7-2-3-9(16-15-7)17-5-4-14-12(21)8(17)6-10(18)19/h2-3,8H,4-6H2,1H3,(H,13,20)(H,14,21)(H,18,19). The van der Waals surface area contributed by atoms with E-state index in [-0.39, 0.29) is 23.9 Å². The number of piperazine rings is 1. The van der Waals surface area contributed by atoms with Crippen LogP contribution in [0, 0.1) is 0 Å². The maximum absolute atomic E-state index is 11.8. The molecule has 1 aromatic rings. The minimum Gasteiger partial charge on any atom is -0.481 e. The Morgan fingerprint density at radius 1 is 1.48 bits per heavy atom. The number of nitrogens with zero attached hydrogens (tertiary/aromatic N) is 3. The van der Waals surface area contributed by atoms with Gasteiger partial charge in [-0.05, 0) is 12.1 Å². The maximum Gasteiger partial charge on any atom is 0.305 e. The van der Waals surface area contributed by atoms with Gasteiger partial charge in [0.15, 0.2) is 11.5 Å². The molecule has 3 N–H and O–H groups in total. The number of amides is 2. The first-order valence-corrected chi connectivity index (χ1v) is 6.35. The van der Waals surface area contributed by atoms with Gasteiger partial charge in [-0.2, -0.15) is 0 Å². The van der Waals surface area contributed by atoms with Gasteiger partial charge in [0, 0.05) is 20.1 Å². The van der Waals surface area contributed by atoms with Crippen molar-refractivity contribution in [2.24, 2.45) is 0 Å². The number of carboxylic acid groups (broad SMARTS) is 1. The van der Waals surface area contributed by atoms with Crippen LogP contribution in [0.1, 0.15) is 16.9 Å². The fraction of sp³-hybridized carbons (Fsp3) is 0.417. The van der Waals surface area contributed by atoms with Gasteiger partial charge in [-0.3, -0.25) is 14.4 Å². The van der Waals surface area contributed by atoms with Gasteiger partial charge in [-0.25, -0.2) is 0 Å². The summed E-state index contributed by atoms with van der Waals surface area (Å²) < 4.78 is 0. The highest BCUT2D eigenvalue weighted by Crippen LogP contribution is 2.17.